The minimum absolute atomic E-state index is 0.301. The van der Waals surface area contributed by atoms with E-state index in [1.165, 1.54) is 7.05 Å². The highest BCUT2D eigenvalue weighted by Crippen LogP contribution is 2.16. The average Bonchev–Trinajstić information content (AvgIpc) is 2.65. The molecular formula is C20H30N4O2. The monoisotopic (exact) mass is 358 g/mol. The van der Waals surface area contributed by atoms with Crippen molar-refractivity contribution >= 4 is 17.5 Å². The molecule has 6 heteroatoms. The molecule has 0 aliphatic heterocycles. The molecule has 0 saturated heterocycles. The van der Waals surface area contributed by atoms with Crippen molar-refractivity contribution in [2.24, 2.45) is 5.92 Å². The van der Waals surface area contributed by atoms with Crippen molar-refractivity contribution in [3.8, 4) is 6.19 Å². The van der Waals surface area contributed by atoms with Crippen LogP contribution in [0.5, 0.6) is 0 Å². The predicted octanol–water partition coefficient (Wildman–Crippen LogP) is 3.01. The number of benzene rings is 1. The summed E-state index contributed by atoms with van der Waals surface area (Å²) in [6.45, 7) is 10.1. The van der Waals surface area contributed by atoms with Crippen molar-refractivity contribution in [3.05, 3.63) is 29.8 Å². The van der Waals surface area contributed by atoms with E-state index in [-0.39, 0.29) is 11.8 Å². The summed E-state index contributed by atoms with van der Waals surface area (Å²) in [5.41, 5.74) is 1.56. The number of nitriles is 1. The molecule has 0 fully saturated rings. The molecule has 26 heavy (non-hydrogen) atoms. The van der Waals surface area contributed by atoms with Gasteiger partial charge in [-0.2, -0.15) is 5.26 Å². The Balaban J connectivity index is 2.88. The number of anilines is 1. The number of carbonyl (C=O) groups excluding carboxylic acids is 2. The lowest BCUT2D eigenvalue weighted by Crippen LogP contribution is -2.46. The van der Waals surface area contributed by atoms with E-state index < -0.39 is 6.04 Å². The Bertz CT molecular complexity index is 630. The fourth-order valence-electron chi connectivity index (χ4n) is 2.69. The van der Waals surface area contributed by atoms with E-state index >= 15 is 0 Å². The van der Waals surface area contributed by atoms with Gasteiger partial charge in [-0.3, -0.25) is 14.5 Å². The Morgan fingerprint density at radius 1 is 1.12 bits per heavy atom. The third kappa shape index (κ3) is 6.07. The first-order chi connectivity index (χ1) is 12.3. The summed E-state index contributed by atoms with van der Waals surface area (Å²) in [4.78, 5) is 28.1. The van der Waals surface area contributed by atoms with Gasteiger partial charge in [0.2, 0.25) is 0 Å². The molecule has 2 amide bonds. The maximum Gasteiger partial charge on any atom is 0.257 e. The van der Waals surface area contributed by atoms with Gasteiger partial charge in [0.1, 0.15) is 6.04 Å². The molecule has 0 aromatic heterocycles. The molecule has 6 nitrogen and oxygen atoms in total. The summed E-state index contributed by atoms with van der Waals surface area (Å²) >= 11 is 0. The Hall–Kier alpha value is -2.55. The summed E-state index contributed by atoms with van der Waals surface area (Å²) in [7, 11) is 1.41. The van der Waals surface area contributed by atoms with Gasteiger partial charge in [0.25, 0.3) is 11.8 Å². The van der Waals surface area contributed by atoms with E-state index in [9.17, 15) is 9.59 Å². The normalized spacial score (nSPS) is 11.6. The van der Waals surface area contributed by atoms with Crippen molar-refractivity contribution in [3.63, 3.8) is 0 Å². The predicted molar refractivity (Wildman–Crippen MR) is 104 cm³/mol. The number of rotatable bonds is 9. The van der Waals surface area contributed by atoms with Crippen LogP contribution in [-0.2, 0) is 4.79 Å². The Kier molecular flexibility index (Phi) is 8.63. The molecule has 142 valence electrons. The number of amides is 2. The first-order valence-electron chi connectivity index (χ1n) is 9.17. The summed E-state index contributed by atoms with van der Waals surface area (Å²) in [5.74, 6) is -0.284. The highest BCUT2D eigenvalue weighted by Gasteiger charge is 2.24. The Morgan fingerprint density at radius 3 is 2.15 bits per heavy atom. The van der Waals surface area contributed by atoms with Crippen molar-refractivity contribution in [1.29, 1.82) is 5.26 Å². The van der Waals surface area contributed by atoms with Crippen molar-refractivity contribution in [1.82, 2.24) is 10.2 Å². The van der Waals surface area contributed by atoms with E-state index in [0.29, 0.717) is 17.9 Å². The summed E-state index contributed by atoms with van der Waals surface area (Å²) < 4.78 is 0. The van der Waals surface area contributed by atoms with Gasteiger partial charge in [-0.15, -0.1) is 0 Å². The summed E-state index contributed by atoms with van der Waals surface area (Å²) in [5, 5.41) is 11.7. The van der Waals surface area contributed by atoms with E-state index in [1.807, 2.05) is 12.1 Å². The standard InChI is InChI=1S/C20H30N4O2/c1-6-24(7-2)17-11-9-16(10-12-17)19(25)22-18(13-8-15(3)4)20(26)23(5)14-21/h9-12,15,18H,6-8,13H2,1-5H3,(H,22,25)/t18-/m0/s1. The molecule has 0 aliphatic rings. The van der Waals surface area contributed by atoms with Crippen LogP contribution in [-0.4, -0.2) is 42.9 Å². The number of carbonyl (C=O) groups is 2. The van der Waals surface area contributed by atoms with Gasteiger partial charge in [-0.25, -0.2) is 0 Å². The zero-order valence-corrected chi connectivity index (χ0v) is 16.5. The highest BCUT2D eigenvalue weighted by atomic mass is 16.2. The molecule has 0 spiro atoms. The van der Waals surface area contributed by atoms with Crippen LogP contribution in [0.4, 0.5) is 5.69 Å². The second kappa shape index (κ2) is 10.4. The minimum atomic E-state index is -0.697. The number of hydrogen-bond donors (Lipinski definition) is 1. The first-order valence-corrected chi connectivity index (χ1v) is 9.17. The first kappa shape index (κ1) is 21.5. The fraction of sp³-hybridized carbons (Fsp3) is 0.550. The third-order valence-corrected chi connectivity index (χ3v) is 4.37. The number of likely N-dealkylation sites (N-methyl/N-ethyl adjacent to an activating group) is 1. The zero-order chi connectivity index (χ0) is 19.7. The van der Waals surface area contributed by atoms with Crippen LogP contribution in [0.25, 0.3) is 0 Å². The minimum Gasteiger partial charge on any atom is -0.372 e. The Morgan fingerprint density at radius 2 is 1.69 bits per heavy atom. The quantitative estimate of drug-likeness (QED) is 0.544. The van der Waals surface area contributed by atoms with Gasteiger partial charge in [0.15, 0.2) is 6.19 Å². The van der Waals surface area contributed by atoms with Gasteiger partial charge in [-0.1, -0.05) is 13.8 Å². The van der Waals surface area contributed by atoms with Crippen LogP contribution in [0.15, 0.2) is 24.3 Å². The summed E-state index contributed by atoms with van der Waals surface area (Å²) in [6.07, 6.45) is 3.10. The van der Waals surface area contributed by atoms with Crippen molar-refractivity contribution < 1.29 is 9.59 Å². The SMILES string of the molecule is CCN(CC)c1ccc(C(=O)N[C@@H](CCC(C)C)C(=O)N(C)C#N)cc1. The molecule has 1 rings (SSSR count). The molecule has 0 bridgehead atoms. The molecular weight excluding hydrogens is 328 g/mol. The van der Waals surface area contributed by atoms with E-state index in [0.717, 1.165) is 30.1 Å². The van der Waals surface area contributed by atoms with Gasteiger partial charge in [-0.05, 0) is 56.9 Å². The lowest BCUT2D eigenvalue weighted by atomic mass is 10.0. The van der Waals surface area contributed by atoms with E-state index in [4.69, 9.17) is 5.26 Å². The average molecular weight is 358 g/mol. The number of hydrogen-bond acceptors (Lipinski definition) is 4. The summed E-state index contributed by atoms with van der Waals surface area (Å²) in [6, 6.07) is 6.65. The lowest BCUT2D eigenvalue weighted by Gasteiger charge is -2.22. The second-order valence-corrected chi connectivity index (χ2v) is 6.71. The smallest absolute Gasteiger partial charge is 0.257 e. The maximum absolute atomic E-state index is 12.6. The van der Waals surface area contributed by atoms with Crippen LogP contribution in [0.2, 0.25) is 0 Å². The lowest BCUT2D eigenvalue weighted by molar-refractivity contribution is -0.129. The molecule has 1 aromatic carbocycles. The van der Waals surface area contributed by atoms with Crippen LogP contribution in [0, 0.1) is 17.4 Å². The van der Waals surface area contributed by atoms with Gasteiger partial charge >= 0.3 is 0 Å². The fourth-order valence-corrected chi connectivity index (χ4v) is 2.69. The molecule has 0 saturated carbocycles. The van der Waals surface area contributed by atoms with Gasteiger partial charge in [0.05, 0.1) is 0 Å². The van der Waals surface area contributed by atoms with E-state index in [2.05, 4.69) is 37.9 Å². The number of nitrogens with one attached hydrogen (secondary N) is 1. The molecule has 0 aliphatic carbocycles. The molecule has 1 aromatic rings. The van der Waals surface area contributed by atoms with Crippen LogP contribution < -0.4 is 10.2 Å². The molecule has 1 N–H and O–H groups in total. The number of nitrogens with zero attached hydrogens (tertiary/aromatic N) is 3. The second-order valence-electron chi connectivity index (χ2n) is 6.71. The Labute approximate surface area is 156 Å². The zero-order valence-electron chi connectivity index (χ0n) is 16.5. The van der Waals surface area contributed by atoms with Crippen LogP contribution in [0.1, 0.15) is 50.9 Å². The topological polar surface area (TPSA) is 76.4 Å². The van der Waals surface area contributed by atoms with Crippen LogP contribution in [0.3, 0.4) is 0 Å². The molecule has 0 unspecified atom stereocenters. The third-order valence-electron chi connectivity index (χ3n) is 4.37. The van der Waals surface area contributed by atoms with E-state index in [1.54, 1.807) is 18.3 Å². The largest absolute Gasteiger partial charge is 0.372 e. The van der Waals surface area contributed by atoms with Crippen LogP contribution >= 0.6 is 0 Å². The van der Waals surface area contributed by atoms with Crippen molar-refractivity contribution in [2.45, 2.75) is 46.6 Å². The maximum atomic E-state index is 12.6. The molecule has 0 heterocycles. The molecule has 1 atom stereocenters. The van der Waals surface area contributed by atoms with Gasteiger partial charge in [0, 0.05) is 31.4 Å². The van der Waals surface area contributed by atoms with Gasteiger partial charge < -0.3 is 10.2 Å². The highest BCUT2D eigenvalue weighted by molar-refractivity contribution is 5.98. The van der Waals surface area contributed by atoms with Crippen molar-refractivity contribution in [2.75, 3.05) is 25.0 Å². The molecule has 0 radical (unpaired) electrons.